The summed E-state index contributed by atoms with van der Waals surface area (Å²) >= 11 is 11.7. The molecule has 0 aliphatic carbocycles. The van der Waals surface area contributed by atoms with Crippen LogP contribution >= 0.6 is 23.2 Å². The number of amides is 2. The lowest BCUT2D eigenvalue weighted by atomic mass is 10.2. The molecule has 0 bridgehead atoms. The first-order chi connectivity index (χ1) is 12.5. The largest absolute Gasteiger partial charge is 0.494 e. The Morgan fingerprint density at radius 1 is 1.15 bits per heavy atom. The molecule has 0 aromatic heterocycles. The van der Waals surface area contributed by atoms with Gasteiger partial charge in [0.2, 0.25) is 0 Å². The SMILES string of the molecule is CCOc1ccc(/C=N\NC(=O)CNC(=O)c2ccc(Cl)cc2Cl)cc1. The monoisotopic (exact) mass is 393 g/mol. The number of benzene rings is 2. The van der Waals surface area contributed by atoms with Gasteiger partial charge in [0.05, 0.1) is 30.0 Å². The van der Waals surface area contributed by atoms with Gasteiger partial charge in [-0.05, 0) is 55.0 Å². The summed E-state index contributed by atoms with van der Waals surface area (Å²) in [6.45, 7) is 2.26. The van der Waals surface area contributed by atoms with Gasteiger partial charge in [-0.2, -0.15) is 5.10 Å². The zero-order chi connectivity index (χ0) is 18.9. The quantitative estimate of drug-likeness (QED) is 0.559. The van der Waals surface area contributed by atoms with Crippen LogP contribution in [-0.4, -0.2) is 31.2 Å². The molecule has 0 atom stereocenters. The number of nitrogens with zero attached hydrogens (tertiary/aromatic N) is 1. The van der Waals surface area contributed by atoms with Crippen molar-refractivity contribution in [1.82, 2.24) is 10.7 Å². The van der Waals surface area contributed by atoms with Gasteiger partial charge in [-0.25, -0.2) is 5.43 Å². The van der Waals surface area contributed by atoms with Crippen LogP contribution in [-0.2, 0) is 4.79 Å². The molecule has 8 heteroatoms. The average molecular weight is 394 g/mol. The molecule has 0 aliphatic rings. The molecule has 136 valence electrons. The van der Waals surface area contributed by atoms with E-state index in [-0.39, 0.29) is 17.1 Å². The lowest BCUT2D eigenvalue weighted by molar-refractivity contribution is -0.120. The van der Waals surface area contributed by atoms with Crippen molar-refractivity contribution in [3.05, 3.63) is 63.6 Å². The van der Waals surface area contributed by atoms with Crippen molar-refractivity contribution >= 4 is 41.2 Å². The first-order valence-corrected chi connectivity index (χ1v) is 8.53. The summed E-state index contributed by atoms with van der Waals surface area (Å²) in [6, 6.07) is 11.7. The number of carbonyl (C=O) groups is 2. The first kappa shape index (κ1) is 19.8. The zero-order valence-corrected chi connectivity index (χ0v) is 15.5. The third kappa shape index (κ3) is 6.06. The third-order valence-electron chi connectivity index (χ3n) is 3.18. The van der Waals surface area contributed by atoms with Gasteiger partial charge in [0.25, 0.3) is 11.8 Å². The van der Waals surface area contributed by atoms with Gasteiger partial charge in [0.1, 0.15) is 5.75 Å². The number of hydrazone groups is 1. The Balaban J connectivity index is 1.80. The van der Waals surface area contributed by atoms with Gasteiger partial charge < -0.3 is 10.1 Å². The molecule has 0 saturated heterocycles. The van der Waals surface area contributed by atoms with Crippen LogP contribution in [0.1, 0.15) is 22.8 Å². The Bertz CT molecular complexity index is 808. The van der Waals surface area contributed by atoms with E-state index in [1.807, 2.05) is 31.2 Å². The molecule has 2 rings (SSSR count). The highest BCUT2D eigenvalue weighted by molar-refractivity contribution is 6.36. The standard InChI is InChI=1S/C18H17Cl2N3O3/c1-2-26-14-6-3-12(4-7-14)10-22-23-17(24)11-21-18(25)15-8-5-13(19)9-16(15)20/h3-10H,2,11H2,1H3,(H,21,25)(H,23,24)/b22-10-. The van der Waals surface area contributed by atoms with Crippen LogP contribution in [0.3, 0.4) is 0 Å². The summed E-state index contributed by atoms with van der Waals surface area (Å²) in [7, 11) is 0. The molecule has 6 nitrogen and oxygen atoms in total. The molecule has 0 spiro atoms. The second-order valence-electron chi connectivity index (χ2n) is 5.10. The maximum atomic E-state index is 12.0. The lowest BCUT2D eigenvalue weighted by Crippen LogP contribution is -2.35. The summed E-state index contributed by atoms with van der Waals surface area (Å²) < 4.78 is 5.34. The van der Waals surface area contributed by atoms with E-state index < -0.39 is 11.8 Å². The molecule has 2 aromatic rings. The van der Waals surface area contributed by atoms with Crippen LogP contribution in [0.2, 0.25) is 10.0 Å². The lowest BCUT2D eigenvalue weighted by Gasteiger charge is -2.06. The van der Waals surface area contributed by atoms with E-state index in [1.165, 1.54) is 18.3 Å². The Kier molecular flexibility index (Phi) is 7.44. The highest BCUT2D eigenvalue weighted by Crippen LogP contribution is 2.20. The van der Waals surface area contributed by atoms with E-state index in [9.17, 15) is 9.59 Å². The Morgan fingerprint density at radius 2 is 1.88 bits per heavy atom. The molecular formula is C18H17Cl2N3O3. The van der Waals surface area contributed by atoms with Crippen molar-refractivity contribution < 1.29 is 14.3 Å². The molecule has 2 N–H and O–H groups in total. The van der Waals surface area contributed by atoms with Crippen molar-refractivity contribution in [3.63, 3.8) is 0 Å². The van der Waals surface area contributed by atoms with E-state index in [0.29, 0.717) is 11.6 Å². The van der Waals surface area contributed by atoms with E-state index >= 15 is 0 Å². The zero-order valence-electron chi connectivity index (χ0n) is 14.0. The molecule has 0 aliphatic heterocycles. The van der Waals surface area contributed by atoms with Gasteiger partial charge in [-0.1, -0.05) is 23.2 Å². The van der Waals surface area contributed by atoms with Crippen molar-refractivity contribution in [2.75, 3.05) is 13.2 Å². The van der Waals surface area contributed by atoms with Crippen molar-refractivity contribution in [2.45, 2.75) is 6.92 Å². The summed E-state index contributed by atoms with van der Waals surface area (Å²) in [5.41, 5.74) is 3.37. The number of rotatable bonds is 7. The highest BCUT2D eigenvalue weighted by atomic mass is 35.5. The Morgan fingerprint density at radius 3 is 2.54 bits per heavy atom. The van der Waals surface area contributed by atoms with Gasteiger partial charge in [0, 0.05) is 5.02 Å². The van der Waals surface area contributed by atoms with Gasteiger partial charge in [-0.15, -0.1) is 0 Å². The molecule has 0 saturated carbocycles. The van der Waals surface area contributed by atoms with Crippen molar-refractivity contribution in [1.29, 1.82) is 0 Å². The van der Waals surface area contributed by atoms with Crippen LogP contribution in [0.4, 0.5) is 0 Å². The summed E-state index contributed by atoms with van der Waals surface area (Å²) in [5.74, 6) is -0.180. The van der Waals surface area contributed by atoms with Crippen LogP contribution in [0, 0.1) is 0 Å². The number of hydrogen-bond donors (Lipinski definition) is 2. The van der Waals surface area contributed by atoms with Crippen molar-refractivity contribution in [3.8, 4) is 5.75 Å². The normalized spacial score (nSPS) is 10.6. The summed E-state index contributed by atoms with van der Waals surface area (Å²) in [5, 5.41) is 6.93. The number of hydrogen-bond acceptors (Lipinski definition) is 4. The van der Waals surface area contributed by atoms with Crippen LogP contribution < -0.4 is 15.5 Å². The van der Waals surface area contributed by atoms with Crippen LogP contribution in [0.5, 0.6) is 5.75 Å². The maximum absolute atomic E-state index is 12.0. The van der Waals surface area contributed by atoms with Crippen LogP contribution in [0.25, 0.3) is 0 Å². The molecule has 0 fully saturated rings. The smallest absolute Gasteiger partial charge is 0.259 e. The number of carbonyl (C=O) groups excluding carboxylic acids is 2. The van der Waals surface area contributed by atoms with E-state index in [1.54, 1.807) is 6.07 Å². The topological polar surface area (TPSA) is 79.8 Å². The number of ether oxygens (including phenoxy) is 1. The Labute approximate surface area is 161 Å². The fraction of sp³-hybridized carbons (Fsp3) is 0.167. The second kappa shape index (κ2) is 9.79. The minimum Gasteiger partial charge on any atom is -0.494 e. The predicted molar refractivity (Wildman–Crippen MR) is 102 cm³/mol. The third-order valence-corrected chi connectivity index (χ3v) is 3.73. The fourth-order valence-corrected chi connectivity index (χ4v) is 2.46. The second-order valence-corrected chi connectivity index (χ2v) is 5.95. The molecule has 0 radical (unpaired) electrons. The van der Waals surface area contributed by atoms with E-state index in [4.69, 9.17) is 27.9 Å². The number of nitrogens with one attached hydrogen (secondary N) is 2. The van der Waals surface area contributed by atoms with Gasteiger partial charge >= 0.3 is 0 Å². The van der Waals surface area contributed by atoms with E-state index in [2.05, 4.69) is 15.8 Å². The number of halogens is 2. The minimum absolute atomic E-state index is 0.212. The van der Waals surface area contributed by atoms with Gasteiger partial charge in [0.15, 0.2) is 0 Å². The van der Waals surface area contributed by atoms with Crippen LogP contribution in [0.15, 0.2) is 47.6 Å². The van der Waals surface area contributed by atoms with Gasteiger partial charge in [-0.3, -0.25) is 9.59 Å². The first-order valence-electron chi connectivity index (χ1n) is 7.77. The van der Waals surface area contributed by atoms with Crippen molar-refractivity contribution in [2.24, 2.45) is 5.10 Å². The minimum atomic E-state index is -0.475. The Hall–Kier alpha value is -2.57. The molecule has 2 aromatic carbocycles. The molecule has 26 heavy (non-hydrogen) atoms. The molecule has 0 heterocycles. The van der Waals surface area contributed by atoms with E-state index in [0.717, 1.165) is 11.3 Å². The summed E-state index contributed by atoms with van der Waals surface area (Å²) in [4.78, 5) is 23.7. The molecule has 2 amide bonds. The molecular weight excluding hydrogens is 377 g/mol. The predicted octanol–water partition coefficient (Wildman–Crippen LogP) is 3.27. The fourth-order valence-electron chi connectivity index (χ4n) is 1.96. The maximum Gasteiger partial charge on any atom is 0.259 e. The highest BCUT2D eigenvalue weighted by Gasteiger charge is 2.11. The summed E-state index contributed by atoms with van der Waals surface area (Å²) in [6.07, 6.45) is 1.49. The molecule has 0 unspecified atom stereocenters. The average Bonchev–Trinajstić information content (AvgIpc) is 2.61.